The van der Waals surface area contributed by atoms with Crippen molar-refractivity contribution in [1.82, 2.24) is 0 Å². The van der Waals surface area contributed by atoms with Gasteiger partial charge in [-0.25, -0.2) is 0 Å². The van der Waals surface area contributed by atoms with Crippen molar-refractivity contribution in [1.29, 1.82) is 0 Å². The Bertz CT molecular complexity index is 170. The van der Waals surface area contributed by atoms with Gasteiger partial charge >= 0.3 is 0 Å². The van der Waals surface area contributed by atoms with Crippen molar-refractivity contribution >= 4 is 5.71 Å². The van der Waals surface area contributed by atoms with Gasteiger partial charge in [0.1, 0.15) is 0 Å². The summed E-state index contributed by atoms with van der Waals surface area (Å²) in [6.45, 7) is 11.2. The minimum absolute atomic E-state index is 0.756. The summed E-state index contributed by atoms with van der Waals surface area (Å²) in [5, 5.41) is 0. The van der Waals surface area contributed by atoms with E-state index in [2.05, 4.69) is 39.6 Å². The zero-order valence-electron chi connectivity index (χ0n) is 13.9. The van der Waals surface area contributed by atoms with Crippen LogP contribution in [0.4, 0.5) is 0 Å². The van der Waals surface area contributed by atoms with Crippen molar-refractivity contribution in [3.8, 4) is 0 Å². The zero-order valence-corrected chi connectivity index (χ0v) is 13.9. The summed E-state index contributed by atoms with van der Waals surface area (Å²) in [6, 6.07) is 0. The molecular weight excluding hydrogens is 218 g/mol. The quantitative estimate of drug-likeness (QED) is 0.430. The lowest BCUT2D eigenvalue weighted by Gasteiger charge is -2.16. The Morgan fingerprint density at radius 2 is 1.39 bits per heavy atom. The van der Waals surface area contributed by atoms with Crippen LogP contribution in [0.2, 0.25) is 0 Å². The van der Waals surface area contributed by atoms with Gasteiger partial charge in [0.25, 0.3) is 0 Å². The maximum atomic E-state index is 4.47. The molecule has 0 spiro atoms. The lowest BCUT2D eigenvalue weighted by molar-refractivity contribution is 0.556. The fourth-order valence-corrected chi connectivity index (χ4v) is 1.91. The second-order valence-electron chi connectivity index (χ2n) is 5.07. The first kappa shape index (κ1) is 20.0. The molecule has 0 aromatic carbocycles. The van der Waals surface area contributed by atoms with Crippen molar-refractivity contribution in [3.05, 3.63) is 0 Å². The molecule has 0 aliphatic heterocycles. The van der Waals surface area contributed by atoms with Gasteiger partial charge in [-0.2, -0.15) is 0 Å². The molecule has 18 heavy (non-hydrogen) atoms. The van der Waals surface area contributed by atoms with E-state index in [-0.39, 0.29) is 0 Å². The molecule has 0 radical (unpaired) electrons. The summed E-state index contributed by atoms with van der Waals surface area (Å²) in [6.07, 6.45) is 11.7. The SMILES string of the molecule is CCCC.CCCCC(=NC)C(CC)CCCC. The molecule has 0 aromatic rings. The van der Waals surface area contributed by atoms with E-state index in [0.717, 1.165) is 5.92 Å². The summed E-state index contributed by atoms with van der Waals surface area (Å²) in [7, 11) is 1.96. The van der Waals surface area contributed by atoms with E-state index in [4.69, 9.17) is 0 Å². The Labute approximate surface area is 116 Å². The predicted molar refractivity (Wildman–Crippen MR) is 86.8 cm³/mol. The lowest BCUT2D eigenvalue weighted by Crippen LogP contribution is -2.13. The topological polar surface area (TPSA) is 12.4 Å². The second-order valence-corrected chi connectivity index (χ2v) is 5.07. The van der Waals surface area contributed by atoms with E-state index in [1.54, 1.807) is 0 Å². The third kappa shape index (κ3) is 12.1. The van der Waals surface area contributed by atoms with E-state index < -0.39 is 0 Å². The van der Waals surface area contributed by atoms with Gasteiger partial charge in [0.15, 0.2) is 0 Å². The molecule has 0 heterocycles. The molecule has 1 atom stereocenters. The van der Waals surface area contributed by atoms with Gasteiger partial charge < -0.3 is 0 Å². The van der Waals surface area contributed by atoms with Crippen molar-refractivity contribution in [3.63, 3.8) is 0 Å². The third-order valence-corrected chi connectivity index (χ3v) is 3.44. The van der Waals surface area contributed by atoms with Crippen LogP contribution in [-0.4, -0.2) is 12.8 Å². The normalized spacial score (nSPS) is 12.9. The van der Waals surface area contributed by atoms with Crippen LogP contribution in [0.3, 0.4) is 0 Å². The van der Waals surface area contributed by atoms with E-state index in [0.29, 0.717) is 0 Å². The first-order chi connectivity index (χ1) is 8.71. The maximum Gasteiger partial charge on any atom is 0.0276 e. The molecule has 0 rings (SSSR count). The van der Waals surface area contributed by atoms with Gasteiger partial charge in [0, 0.05) is 12.8 Å². The minimum Gasteiger partial charge on any atom is -0.297 e. The number of aliphatic imine (C=N–C) groups is 1. The van der Waals surface area contributed by atoms with E-state index in [9.17, 15) is 0 Å². The Morgan fingerprint density at radius 1 is 0.833 bits per heavy atom. The standard InChI is InChI=1S/C13H27N.C4H10/c1-5-8-10-12(7-3)13(14-4)11-9-6-2;1-3-4-2/h12H,5-11H2,1-4H3;3-4H2,1-2H3. The minimum atomic E-state index is 0.756. The second kappa shape index (κ2) is 16.7. The van der Waals surface area contributed by atoms with Gasteiger partial charge in [0.05, 0.1) is 0 Å². The van der Waals surface area contributed by atoms with Crippen LogP contribution in [0.1, 0.15) is 92.4 Å². The molecule has 0 aliphatic rings. The fourth-order valence-electron chi connectivity index (χ4n) is 1.91. The van der Waals surface area contributed by atoms with E-state index in [1.165, 1.54) is 63.5 Å². The number of hydrogen-bond donors (Lipinski definition) is 0. The lowest BCUT2D eigenvalue weighted by atomic mass is 9.91. The summed E-state index contributed by atoms with van der Waals surface area (Å²) in [5.74, 6) is 0.756. The van der Waals surface area contributed by atoms with Crippen LogP contribution in [0.5, 0.6) is 0 Å². The Hall–Kier alpha value is -0.330. The van der Waals surface area contributed by atoms with Crippen molar-refractivity contribution in [2.24, 2.45) is 10.9 Å². The molecule has 0 fully saturated rings. The van der Waals surface area contributed by atoms with E-state index >= 15 is 0 Å². The molecule has 1 unspecified atom stereocenters. The molecule has 0 N–H and O–H groups in total. The number of unbranched alkanes of at least 4 members (excludes halogenated alkanes) is 3. The van der Waals surface area contributed by atoms with Crippen LogP contribution in [-0.2, 0) is 0 Å². The molecule has 0 bridgehead atoms. The monoisotopic (exact) mass is 255 g/mol. The van der Waals surface area contributed by atoms with Crippen LogP contribution in [0, 0.1) is 5.92 Å². The maximum absolute atomic E-state index is 4.47. The molecule has 0 amide bonds. The third-order valence-electron chi connectivity index (χ3n) is 3.44. The highest BCUT2D eigenvalue weighted by Crippen LogP contribution is 2.18. The first-order valence-electron chi connectivity index (χ1n) is 8.17. The Kier molecular flexibility index (Phi) is 18.5. The molecule has 0 aromatic heterocycles. The highest BCUT2D eigenvalue weighted by atomic mass is 14.7. The first-order valence-corrected chi connectivity index (χ1v) is 8.17. The Balaban J connectivity index is 0. The van der Waals surface area contributed by atoms with Gasteiger partial charge in [-0.3, -0.25) is 4.99 Å². The van der Waals surface area contributed by atoms with Crippen molar-refractivity contribution in [2.45, 2.75) is 92.4 Å². The predicted octanol–water partition coefficient (Wildman–Crippen LogP) is 6.27. The van der Waals surface area contributed by atoms with Gasteiger partial charge in [-0.15, -0.1) is 0 Å². The molecule has 110 valence electrons. The fraction of sp³-hybridized carbons (Fsp3) is 0.941. The summed E-state index contributed by atoms with van der Waals surface area (Å²) >= 11 is 0. The summed E-state index contributed by atoms with van der Waals surface area (Å²) in [5.41, 5.74) is 1.46. The average molecular weight is 255 g/mol. The van der Waals surface area contributed by atoms with Gasteiger partial charge in [0.2, 0.25) is 0 Å². The molecular formula is C17H37N. The number of rotatable bonds is 9. The molecule has 0 saturated carbocycles. The molecule has 0 aliphatic carbocycles. The van der Waals surface area contributed by atoms with Crippen LogP contribution >= 0.6 is 0 Å². The average Bonchev–Trinajstić information content (AvgIpc) is 2.42. The van der Waals surface area contributed by atoms with Crippen molar-refractivity contribution < 1.29 is 0 Å². The van der Waals surface area contributed by atoms with E-state index in [1.807, 2.05) is 7.05 Å². The highest BCUT2D eigenvalue weighted by Gasteiger charge is 2.11. The largest absolute Gasteiger partial charge is 0.297 e. The smallest absolute Gasteiger partial charge is 0.0276 e. The zero-order chi connectivity index (χ0) is 14.2. The number of hydrogen-bond acceptors (Lipinski definition) is 1. The van der Waals surface area contributed by atoms with Crippen LogP contribution < -0.4 is 0 Å². The van der Waals surface area contributed by atoms with Gasteiger partial charge in [-0.1, -0.05) is 66.7 Å². The van der Waals surface area contributed by atoms with Crippen molar-refractivity contribution in [2.75, 3.05) is 7.05 Å². The molecule has 1 heteroatoms. The Morgan fingerprint density at radius 3 is 1.72 bits per heavy atom. The number of nitrogens with zero attached hydrogens (tertiary/aromatic N) is 1. The molecule has 1 nitrogen and oxygen atoms in total. The summed E-state index contributed by atoms with van der Waals surface area (Å²) in [4.78, 5) is 4.47. The highest BCUT2D eigenvalue weighted by molar-refractivity contribution is 5.86. The van der Waals surface area contributed by atoms with Crippen LogP contribution in [0.15, 0.2) is 4.99 Å². The molecule has 0 saturated heterocycles. The van der Waals surface area contributed by atoms with Gasteiger partial charge in [-0.05, 0) is 31.6 Å². The summed E-state index contributed by atoms with van der Waals surface area (Å²) < 4.78 is 0. The van der Waals surface area contributed by atoms with Crippen LogP contribution in [0.25, 0.3) is 0 Å².